The molecule has 0 spiro atoms. The largest absolute Gasteiger partial charge is 0.493 e. The molecule has 0 amide bonds. The Morgan fingerprint density at radius 3 is 2.76 bits per heavy atom. The zero-order chi connectivity index (χ0) is 28.6. The third-order valence-electron chi connectivity index (χ3n) is 7.52. The zero-order valence-corrected chi connectivity index (χ0v) is 23.4. The van der Waals surface area contributed by atoms with Gasteiger partial charge in [-0.2, -0.15) is 4.98 Å². The number of pyridine rings is 1. The predicted octanol–water partition coefficient (Wildman–Crippen LogP) is 5.29. The molecule has 1 saturated heterocycles. The summed E-state index contributed by atoms with van der Waals surface area (Å²) >= 11 is 6.77. The topological polar surface area (TPSA) is 98.4 Å². The third-order valence-corrected chi connectivity index (χ3v) is 7.84. The number of hydrogen-bond acceptors (Lipinski definition) is 8. The standard InChI is InChI=1S/C29H31ClF2N6O3/c1-29(7-8-29)41-28-24-27(34-17-35-28)38(15-19-13-18(25(31)32)5-9-33-19)26(36-24)22-4-3-21(14-23(22)30)40-12-2-10-37-11-6-20(39)16-37/h3-5,9,13-14,17,20,25,39H,2,6-8,10-12,15-16H2,1H3/t20-/m1/s1. The van der Waals surface area contributed by atoms with E-state index in [1.54, 1.807) is 10.6 Å². The fraction of sp³-hybridized carbons (Fsp3) is 0.448. The quantitative estimate of drug-likeness (QED) is 0.237. The van der Waals surface area contributed by atoms with E-state index in [9.17, 15) is 13.9 Å². The van der Waals surface area contributed by atoms with Crippen molar-refractivity contribution in [3.8, 4) is 23.0 Å². The Kier molecular flexibility index (Phi) is 7.76. The molecule has 1 aliphatic heterocycles. The molecule has 2 fully saturated rings. The van der Waals surface area contributed by atoms with Gasteiger partial charge in [-0.05, 0) is 62.9 Å². The van der Waals surface area contributed by atoms with Crippen molar-refractivity contribution < 1.29 is 23.4 Å². The van der Waals surface area contributed by atoms with Crippen LogP contribution in [-0.4, -0.2) is 72.5 Å². The van der Waals surface area contributed by atoms with Gasteiger partial charge in [-0.3, -0.25) is 4.98 Å². The lowest BCUT2D eigenvalue weighted by Gasteiger charge is -2.15. The van der Waals surface area contributed by atoms with Gasteiger partial charge in [0.15, 0.2) is 11.2 Å². The highest BCUT2D eigenvalue weighted by molar-refractivity contribution is 6.33. The second-order valence-electron chi connectivity index (χ2n) is 10.9. The van der Waals surface area contributed by atoms with Crippen LogP contribution in [-0.2, 0) is 6.54 Å². The van der Waals surface area contributed by atoms with E-state index in [2.05, 4.69) is 19.9 Å². The van der Waals surface area contributed by atoms with E-state index in [1.165, 1.54) is 24.7 Å². The van der Waals surface area contributed by atoms with Gasteiger partial charge in [0.05, 0.1) is 30.0 Å². The van der Waals surface area contributed by atoms with Crippen LogP contribution in [0.4, 0.5) is 8.78 Å². The van der Waals surface area contributed by atoms with Gasteiger partial charge < -0.3 is 24.0 Å². The van der Waals surface area contributed by atoms with Crippen LogP contribution in [0.5, 0.6) is 11.6 Å². The van der Waals surface area contributed by atoms with Gasteiger partial charge in [-0.25, -0.2) is 18.7 Å². The van der Waals surface area contributed by atoms with Crippen molar-refractivity contribution in [2.24, 2.45) is 0 Å². The molecule has 6 rings (SSSR count). The molecule has 1 atom stereocenters. The van der Waals surface area contributed by atoms with Crippen molar-refractivity contribution >= 4 is 22.8 Å². The van der Waals surface area contributed by atoms with Crippen LogP contribution in [0.3, 0.4) is 0 Å². The summed E-state index contributed by atoms with van der Waals surface area (Å²) in [5.41, 5.74) is 1.61. The van der Waals surface area contributed by atoms with E-state index < -0.39 is 6.43 Å². The molecule has 1 N–H and O–H groups in total. The van der Waals surface area contributed by atoms with Crippen LogP contribution in [0.15, 0.2) is 42.9 Å². The van der Waals surface area contributed by atoms with Gasteiger partial charge in [0.2, 0.25) is 5.88 Å². The maximum absolute atomic E-state index is 13.4. The highest BCUT2D eigenvalue weighted by Gasteiger charge is 2.41. The Hall–Kier alpha value is -3.41. The van der Waals surface area contributed by atoms with E-state index in [0.717, 1.165) is 38.8 Å². The first-order valence-corrected chi connectivity index (χ1v) is 14.1. The fourth-order valence-electron chi connectivity index (χ4n) is 5.00. The molecule has 1 aliphatic carbocycles. The molecule has 3 aromatic heterocycles. The Balaban J connectivity index is 1.29. The van der Waals surface area contributed by atoms with Crippen LogP contribution < -0.4 is 9.47 Å². The number of nitrogens with zero attached hydrogens (tertiary/aromatic N) is 6. The number of imidazole rings is 1. The molecule has 0 radical (unpaired) electrons. The van der Waals surface area contributed by atoms with Crippen molar-refractivity contribution in [1.29, 1.82) is 0 Å². The number of likely N-dealkylation sites (tertiary alicyclic amines) is 1. The molecule has 0 bridgehead atoms. The highest BCUT2D eigenvalue weighted by atomic mass is 35.5. The lowest BCUT2D eigenvalue weighted by atomic mass is 10.2. The van der Waals surface area contributed by atoms with E-state index in [1.807, 2.05) is 19.1 Å². The number of fused-ring (bicyclic) bond motifs is 1. The Morgan fingerprint density at radius 1 is 1.17 bits per heavy atom. The van der Waals surface area contributed by atoms with Crippen LogP contribution in [0.2, 0.25) is 5.02 Å². The first-order chi connectivity index (χ1) is 19.8. The number of aliphatic hydroxyl groups excluding tert-OH is 1. The number of benzene rings is 1. The summed E-state index contributed by atoms with van der Waals surface area (Å²) in [7, 11) is 0. The zero-order valence-electron chi connectivity index (χ0n) is 22.6. The molecule has 216 valence electrons. The van der Waals surface area contributed by atoms with Crippen molar-refractivity contribution in [3.63, 3.8) is 0 Å². The number of aliphatic hydroxyl groups is 1. The summed E-state index contributed by atoms with van der Waals surface area (Å²) in [5.74, 6) is 1.48. The molecule has 4 aromatic rings. The van der Waals surface area contributed by atoms with E-state index >= 15 is 0 Å². The van der Waals surface area contributed by atoms with Crippen LogP contribution in [0, 0.1) is 0 Å². The predicted molar refractivity (Wildman–Crippen MR) is 150 cm³/mol. The average molecular weight is 585 g/mol. The molecular formula is C29H31ClF2N6O3. The molecule has 9 nitrogen and oxygen atoms in total. The van der Waals surface area contributed by atoms with Gasteiger partial charge in [0, 0.05) is 37.0 Å². The lowest BCUT2D eigenvalue weighted by molar-refractivity contribution is 0.151. The van der Waals surface area contributed by atoms with E-state index in [0.29, 0.717) is 58.0 Å². The Morgan fingerprint density at radius 2 is 2.02 bits per heavy atom. The highest BCUT2D eigenvalue weighted by Crippen LogP contribution is 2.41. The Bertz CT molecular complexity index is 1550. The SMILES string of the molecule is CC1(Oc2ncnc3c2nc(-c2ccc(OCCCN4CC[C@@H](O)C4)cc2Cl)n3Cc2cc(C(F)F)ccn2)CC1. The summed E-state index contributed by atoms with van der Waals surface area (Å²) in [5, 5.41) is 10.1. The molecule has 0 unspecified atom stereocenters. The maximum Gasteiger partial charge on any atom is 0.263 e. The third kappa shape index (κ3) is 6.27. The van der Waals surface area contributed by atoms with Crippen LogP contribution >= 0.6 is 11.6 Å². The first kappa shape index (κ1) is 27.7. The van der Waals surface area contributed by atoms with E-state index in [4.69, 9.17) is 26.1 Å². The molecule has 4 heterocycles. The number of alkyl halides is 2. The van der Waals surface area contributed by atoms with Crippen molar-refractivity contribution in [2.45, 2.75) is 57.3 Å². The molecule has 1 aromatic carbocycles. The van der Waals surface area contributed by atoms with Gasteiger partial charge >= 0.3 is 0 Å². The molecule has 1 saturated carbocycles. The number of hydrogen-bond donors (Lipinski definition) is 1. The monoisotopic (exact) mass is 584 g/mol. The van der Waals surface area contributed by atoms with Gasteiger partial charge in [0.25, 0.3) is 6.43 Å². The second kappa shape index (κ2) is 11.5. The number of aromatic nitrogens is 5. The summed E-state index contributed by atoms with van der Waals surface area (Å²) in [6.07, 6.45) is 3.42. The van der Waals surface area contributed by atoms with Crippen LogP contribution in [0.1, 0.15) is 50.3 Å². The summed E-state index contributed by atoms with van der Waals surface area (Å²) in [6, 6.07) is 8.07. The molecule has 12 heteroatoms. The van der Waals surface area contributed by atoms with Gasteiger partial charge in [-0.1, -0.05) is 11.6 Å². The van der Waals surface area contributed by atoms with Crippen molar-refractivity contribution in [3.05, 3.63) is 59.1 Å². The Labute approximate surface area is 241 Å². The normalized spacial score (nSPS) is 18.3. The molecular weight excluding hydrogens is 554 g/mol. The number of halogens is 3. The molecule has 41 heavy (non-hydrogen) atoms. The smallest absolute Gasteiger partial charge is 0.263 e. The lowest BCUT2D eigenvalue weighted by Crippen LogP contribution is -2.24. The average Bonchev–Trinajstić information content (AvgIpc) is 3.35. The van der Waals surface area contributed by atoms with Crippen LogP contribution in [0.25, 0.3) is 22.6 Å². The minimum absolute atomic E-state index is 0.110. The number of β-amino-alcohol motifs (C(OH)–C–C–N with tert-alkyl or cyclic N) is 1. The summed E-state index contributed by atoms with van der Waals surface area (Å²) in [6.45, 7) is 5.14. The summed E-state index contributed by atoms with van der Waals surface area (Å²) < 4.78 is 40.7. The van der Waals surface area contributed by atoms with Gasteiger partial charge in [-0.15, -0.1) is 0 Å². The fourth-order valence-corrected chi connectivity index (χ4v) is 5.25. The first-order valence-electron chi connectivity index (χ1n) is 13.7. The minimum atomic E-state index is -2.61. The maximum atomic E-state index is 13.4. The van der Waals surface area contributed by atoms with Crippen molar-refractivity contribution in [1.82, 2.24) is 29.4 Å². The summed E-state index contributed by atoms with van der Waals surface area (Å²) in [4.78, 5) is 20.2. The molecule has 2 aliphatic rings. The number of ether oxygens (including phenoxy) is 2. The second-order valence-corrected chi connectivity index (χ2v) is 11.3. The van der Waals surface area contributed by atoms with E-state index in [-0.39, 0.29) is 23.8 Å². The number of rotatable bonds is 11. The minimum Gasteiger partial charge on any atom is -0.493 e. The van der Waals surface area contributed by atoms with Gasteiger partial charge in [0.1, 0.15) is 23.5 Å². The van der Waals surface area contributed by atoms with Crippen molar-refractivity contribution in [2.75, 3.05) is 26.2 Å².